The second-order valence-electron chi connectivity index (χ2n) is 6.78. The molecule has 0 spiro atoms. The number of likely N-dealkylation sites (tertiary alicyclic amines) is 1. The van der Waals surface area contributed by atoms with E-state index in [2.05, 4.69) is 5.32 Å². The molecule has 0 aromatic heterocycles. The molecule has 0 aliphatic carbocycles. The van der Waals surface area contributed by atoms with Crippen LogP contribution in [0.15, 0.2) is 30.3 Å². The third kappa shape index (κ3) is 3.56. The van der Waals surface area contributed by atoms with Gasteiger partial charge in [-0.15, -0.1) is 0 Å². The van der Waals surface area contributed by atoms with Crippen LogP contribution in [-0.4, -0.2) is 49.3 Å². The number of benzene rings is 2. The van der Waals surface area contributed by atoms with Gasteiger partial charge < -0.3 is 19.7 Å². The van der Waals surface area contributed by atoms with Gasteiger partial charge in [0.1, 0.15) is 36.3 Å². The molecule has 2 aromatic rings. The quantitative estimate of drug-likeness (QED) is 0.832. The highest BCUT2D eigenvalue weighted by molar-refractivity contribution is 6.32. The molecule has 1 N–H and O–H groups in total. The number of carbonyl (C=O) groups excluding carboxylic acids is 1. The molecule has 0 atom stereocenters. The summed E-state index contributed by atoms with van der Waals surface area (Å²) in [5.41, 5.74) is -1.42. The van der Waals surface area contributed by atoms with Gasteiger partial charge in [-0.1, -0.05) is 11.6 Å². The number of ether oxygens (including phenoxy) is 2. The van der Waals surface area contributed by atoms with E-state index < -0.39 is 23.2 Å². The molecule has 2 aromatic carbocycles. The van der Waals surface area contributed by atoms with Gasteiger partial charge in [-0.3, -0.25) is 4.79 Å². The molecule has 0 unspecified atom stereocenters. The van der Waals surface area contributed by atoms with Crippen molar-refractivity contribution in [3.05, 3.63) is 52.6 Å². The van der Waals surface area contributed by atoms with Crippen LogP contribution in [0.3, 0.4) is 0 Å². The maximum absolute atomic E-state index is 14.7. The lowest BCUT2D eigenvalue weighted by Crippen LogP contribution is -2.63. The third-order valence-corrected chi connectivity index (χ3v) is 4.89. The van der Waals surface area contributed by atoms with E-state index in [0.717, 1.165) is 18.2 Å². The summed E-state index contributed by atoms with van der Waals surface area (Å²) in [6.45, 7) is 0.113. The standard InChI is InChI=1S/C19H16ClF3N2O3/c20-13-5-11(21)1-2-16(13)28-10-19(23)8-25(9-19)18(26)12-6-15-17(7-14(12)22)27-4-3-24-15/h1-2,5-7,24H,3-4,8-10H2. The first-order valence-electron chi connectivity index (χ1n) is 8.61. The van der Waals surface area contributed by atoms with Crippen LogP contribution in [0.1, 0.15) is 10.4 Å². The van der Waals surface area contributed by atoms with E-state index >= 15 is 0 Å². The number of alkyl halides is 1. The van der Waals surface area contributed by atoms with Crippen LogP contribution in [0.2, 0.25) is 5.02 Å². The molecule has 2 aliphatic heterocycles. The van der Waals surface area contributed by atoms with Crippen LogP contribution < -0.4 is 14.8 Å². The molecule has 0 bridgehead atoms. The summed E-state index contributed by atoms with van der Waals surface area (Å²) in [6, 6.07) is 6.05. The Bertz CT molecular complexity index is 935. The van der Waals surface area contributed by atoms with E-state index in [1.54, 1.807) is 0 Å². The summed E-state index contributed by atoms with van der Waals surface area (Å²) in [6.07, 6.45) is 0. The van der Waals surface area contributed by atoms with Gasteiger partial charge in [-0.2, -0.15) is 0 Å². The van der Waals surface area contributed by atoms with Crippen molar-refractivity contribution in [3.8, 4) is 11.5 Å². The van der Waals surface area contributed by atoms with E-state index in [0.29, 0.717) is 24.6 Å². The number of fused-ring (bicyclic) bond motifs is 1. The predicted octanol–water partition coefficient (Wildman–Crippen LogP) is 3.67. The van der Waals surface area contributed by atoms with Gasteiger partial charge in [0, 0.05) is 12.6 Å². The minimum absolute atomic E-state index is 0.0294. The number of anilines is 1. The highest BCUT2D eigenvalue weighted by Crippen LogP contribution is 2.34. The minimum atomic E-state index is -1.79. The monoisotopic (exact) mass is 412 g/mol. The van der Waals surface area contributed by atoms with Crippen molar-refractivity contribution in [2.75, 3.05) is 38.2 Å². The van der Waals surface area contributed by atoms with Crippen LogP contribution in [0.5, 0.6) is 11.5 Å². The Labute approximate surface area is 164 Å². The van der Waals surface area contributed by atoms with Crippen molar-refractivity contribution in [1.82, 2.24) is 4.90 Å². The van der Waals surface area contributed by atoms with Gasteiger partial charge in [0.05, 0.1) is 29.4 Å². The molecular weight excluding hydrogens is 397 g/mol. The molecule has 0 radical (unpaired) electrons. The fraction of sp³-hybridized carbons (Fsp3) is 0.316. The van der Waals surface area contributed by atoms with Crippen LogP contribution in [0.25, 0.3) is 0 Å². The average molecular weight is 413 g/mol. The lowest BCUT2D eigenvalue weighted by atomic mass is 9.96. The van der Waals surface area contributed by atoms with Gasteiger partial charge in [-0.25, -0.2) is 13.2 Å². The molecular formula is C19H16ClF3N2O3. The van der Waals surface area contributed by atoms with E-state index in [9.17, 15) is 18.0 Å². The Morgan fingerprint density at radius 2 is 2.07 bits per heavy atom. The van der Waals surface area contributed by atoms with Crippen LogP contribution in [0.4, 0.5) is 18.9 Å². The van der Waals surface area contributed by atoms with E-state index in [1.165, 1.54) is 17.0 Å². The molecule has 148 valence electrons. The summed E-state index contributed by atoms with van der Waals surface area (Å²) in [4.78, 5) is 13.7. The highest BCUT2D eigenvalue weighted by atomic mass is 35.5. The molecule has 5 nitrogen and oxygen atoms in total. The molecule has 1 amide bonds. The number of halogens is 4. The van der Waals surface area contributed by atoms with E-state index in [-0.39, 0.29) is 36.0 Å². The molecule has 28 heavy (non-hydrogen) atoms. The summed E-state index contributed by atoms with van der Waals surface area (Å²) in [7, 11) is 0. The third-order valence-electron chi connectivity index (χ3n) is 4.59. The van der Waals surface area contributed by atoms with Gasteiger partial charge in [0.25, 0.3) is 5.91 Å². The number of carbonyl (C=O) groups is 1. The van der Waals surface area contributed by atoms with Crippen LogP contribution in [0, 0.1) is 11.6 Å². The van der Waals surface area contributed by atoms with Crippen molar-refractivity contribution in [1.29, 1.82) is 0 Å². The van der Waals surface area contributed by atoms with Crippen LogP contribution >= 0.6 is 11.6 Å². The maximum atomic E-state index is 14.7. The summed E-state index contributed by atoms with van der Waals surface area (Å²) in [5.74, 6) is -1.37. The van der Waals surface area contributed by atoms with Crippen LogP contribution in [-0.2, 0) is 0 Å². The van der Waals surface area contributed by atoms with Gasteiger partial charge >= 0.3 is 0 Å². The highest BCUT2D eigenvalue weighted by Gasteiger charge is 2.47. The first-order valence-corrected chi connectivity index (χ1v) is 8.99. The number of amides is 1. The Kier molecular flexibility index (Phi) is 4.74. The Hall–Kier alpha value is -2.61. The van der Waals surface area contributed by atoms with Crippen molar-refractivity contribution in [2.45, 2.75) is 5.67 Å². The van der Waals surface area contributed by atoms with Crippen molar-refractivity contribution < 1.29 is 27.4 Å². The van der Waals surface area contributed by atoms with Crippen molar-refractivity contribution in [2.24, 2.45) is 0 Å². The molecule has 4 rings (SSSR count). The fourth-order valence-electron chi connectivity index (χ4n) is 3.17. The normalized spacial score (nSPS) is 17.1. The van der Waals surface area contributed by atoms with Gasteiger partial charge in [0.15, 0.2) is 5.67 Å². The van der Waals surface area contributed by atoms with E-state index in [1.807, 2.05) is 0 Å². The number of rotatable bonds is 4. The Balaban J connectivity index is 1.39. The Morgan fingerprint density at radius 3 is 2.82 bits per heavy atom. The van der Waals surface area contributed by atoms with E-state index in [4.69, 9.17) is 21.1 Å². The van der Waals surface area contributed by atoms with Crippen molar-refractivity contribution >= 4 is 23.2 Å². The Morgan fingerprint density at radius 1 is 1.29 bits per heavy atom. The lowest BCUT2D eigenvalue weighted by Gasteiger charge is -2.44. The molecule has 0 saturated carbocycles. The summed E-state index contributed by atoms with van der Waals surface area (Å²) >= 11 is 5.84. The zero-order valence-electron chi connectivity index (χ0n) is 14.6. The average Bonchev–Trinajstić information content (AvgIpc) is 2.64. The fourth-order valence-corrected chi connectivity index (χ4v) is 3.39. The zero-order valence-corrected chi connectivity index (χ0v) is 15.4. The first kappa shape index (κ1) is 18.7. The SMILES string of the molecule is O=C(c1cc2c(cc1F)OCCN2)N1CC(F)(COc2ccc(F)cc2Cl)C1. The first-order chi connectivity index (χ1) is 13.3. The number of nitrogens with zero attached hydrogens (tertiary/aromatic N) is 1. The molecule has 9 heteroatoms. The summed E-state index contributed by atoms with van der Waals surface area (Å²) in [5, 5.41) is 3.06. The molecule has 1 saturated heterocycles. The van der Waals surface area contributed by atoms with Gasteiger partial charge in [-0.05, 0) is 24.3 Å². The van der Waals surface area contributed by atoms with Crippen molar-refractivity contribution in [3.63, 3.8) is 0 Å². The summed E-state index contributed by atoms with van der Waals surface area (Å²) < 4.78 is 52.7. The second-order valence-corrected chi connectivity index (χ2v) is 7.19. The lowest BCUT2D eigenvalue weighted by molar-refractivity contribution is -0.0455. The maximum Gasteiger partial charge on any atom is 0.257 e. The minimum Gasteiger partial charge on any atom is -0.489 e. The number of hydrogen-bond donors (Lipinski definition) is 1. The second kappa shape index (κ2) is 7.09. The molecule has 2 aliphatic rings. The number of nitrogens with one attached hydrogen (secondary N) is 1. The topological polar surface area (TPSA) is 50.8 Å². The predicted molar refractivity (Wildman–Crippen MR) is 97.0 cm³/mol. The number of hydrogen-bond acceptors (Lipinski definition) is 4. The van der Waals surface area contributed by atoms with Gasteiger partial charge in [0.2, 0.25) is 0 Å². The largest absolute Gasteiger partial charge is 0.489 e. The zero-order chi connectivity index (χ0) is 19.9. The smallest absolute Gasteiger partial charge is 0.257 e. The molecule has 1 fully saturated rings. The molecule has 2 heterocycles.